The number of hydrogen-bond donors (Lipinski definition) is 0. The van der Waals surface area contributed by atoms with Gasteiger partial charge in [0, 0.05) is 19.4 Å². The van der Waals surface area contributed by atoms with Crippen LogP contribution in [-0.4, -0.2) is 31.6 Å². The highest BCUT2D eigenvalue weighted by Crippen LogP contribution is 2.08. The topological polar surface area (TPSA) is 52.6 Å². The van der Waals surface area contributed by atoms with E-state index in [1.807, 2.05) is 0 Å². The number of ether oxygens (including phenoxy) is 2. The van der Waals surface area contributed by atoms with Crippen LogP contribution in [0.3, 0.4) is 0 Å². The van der Waals surface area contributed by atoms with Gasteiger partial charge in [0.2, 0.25) is 0 Å². The van der Waals surface area contributed by atoms with Crippen LogP contribution in [0.2, 0.25) is 0 Å². The fraction of sp³-hybridized carbons (Fsp3) is 0.833. The van der Waals surface area contributed by atoms with Crippen molar-refractivity contribution >= 4 is 12.3 Å². The minimum atomic E-state index is -0.225. The van der Waals surface area contributed by atoms with E-state index in [0.29, 0.717) is 32.5 Å². The molecular weight excluding hydrogens is 208 g/mol. The number of aldehydes is 1. The van der Waals surface area contributed by atoms with Crippen LogP contribution < -0.4 is 0 Å². The molecule has 4 nitrogen and oxygen atoms in total. The molecule has 0 saturated carbocycles. The normalized spacial score (nSPS) is 12.1. The van der Waals surface area contributed by atoms with Crippen LogP contribution in [0.25, 0.3) is 0 Å². The van der Waals surface area contributed by atoms with Crippen LogP contribution in [0, 0.1) is 0 Å². The lowest BCUT2D eigenvalue weighted by Crippen LogP contribution is -2.17. The molecule has 0 radical (unpaired) electrons. The van der Waals surface area contributed by atoms with Gasteiger partial charge in [0.1, 0.15) is 6.29 Å². The van der Waals surface area contributed by atoms with Gasteiger partial charge < -0.3 is 14.3 Å². The number of esters is 1. The molecule has 94 valence electrons. The quantitative estimate of drug-likeness (QED) is 0.327. The fourth-order valence-electron chi connectivity index (χ4n) is 1.28. The molecule has 0 fully saturated rings. The maximum absolute atomic E-state index is 11.1. The van der Waals surface area contributed by atoms with Gasteiger partial charge in [-0.2, -0.15) is 0 Å². The van der Waals surface area contributed by atoms with Crippen LogP contribution in [0.5, 0.6) is 0 Å². The molecule has 4 heteroatoms. The summed E-state index contributed by atoms with van der Waals surface area (Å²) in [6.45, 7) is 4.90. The van der Waals surface area contributed by atoms with E-state index >= 15 is 0 Å². The van der Waals surface area contributed by atoms with Gasteiger partial charge in [-0.25, -0.2) is 0 Å². The van der Waals surface area contributed by atoms with Gasteiger partial charge in [0.15, 0.2) is 0 Å². The van der Waals surface area contributed by atoms with Gasteiger partial charge in [-0.1, -0.05) is 13.3 Å². The Hall–Kier alpha value is -0.900. The molecule has 1 unspecified atom stereocenters. The molecular formula is C12H22O4. The molecule has 0 heterocycles. The third-order valence-electron chi connectivity index (χ3n) is 2.19. The van der Waals surface area contributed by atoms with E-state index in [-0.39, 0.29) is 12.1 Å². The predicted molar refractivity (Wildman–Crippen MR) is 61.2 cm³/mol. The zero-order chi connectivity index (χ0) is 12.2. The largest absolute Gasteiger partial charge is 0.466 e. The smallest absolute Gasteiger partial charge is 0.305 e. The van der Waals surface area contributed by atoms with E-state index in [9.17, 15) is 9.59 Å². The summed E-state index contributed by atoms with van der Waals surface area (Å²) in [4.78, 5) is 21.5. The summed E-state index contributed by atoms with van der Waals surface area (Å²) in [5, 5.41) is 0. The Labute approximate surface area is 97.3 Å². The first-order valence-corrected chi connectivity index (χ1v) is 5.95. The molecule has 0 aliphatic rings. The molecule has 0 aromatic rings. The molecule has 16 heavy (non-hydrogen) atoms. The van der Waals surface area contributed by atoms with Crippen molar-refractivity contribution in [3.63, 3.8) is 0 Å². The van der Waals surface area contributed by atoms with Crippen LogP contribution in [-0.2, 0) is 19.1 Å². The maximum atomic E-state index is 11.1. The standard InChI is InChI=1S/C12H22O4/c1-3-5-10-16-11(8-9-13)6-7-12(14)15-4-2/h9,11H,3-8,10H2,1-2H3. The number of rotatable bonds is 10. The molecule has 0 saturated heterocycles. The molecule has 1 atom stereocenters. The van der Waals surface area contributed by atoms with Gasteiger partial charge in [0.25, 0.3) is 0 Å². The summed E-state index contributed by atoms with van der Waals surface area (Å²) in [6.07, 6.45) is 3.96. The third-order valence-corrected chi connectivity index (χ3v) is 2.19. The lowest BCUT2D eigenvalue weighted by atomic mass is 10.1. The molecule has 0 amide bonds. The van der Waals surface area contributed by atoms with Crippen molar-refractivity contribution in [1.29, 1.82) is 0 Å². The number of unbranched alkanes of at least 4 members (excludes halogenated alkanes) is 1. The third kappa shape index (κ3) is 8.41. The predicted octanol–water partition coefficient (Wildman–Crippen LogP) is 2.10. The molecule has 0 aromatic heterocycles. The van der Waals surface area contributed by atoms with E-state index in [0.717, 1.165) is 19.1 Å². The first-order valence-electron chi connectivity index (χ1n) is 5.95. The van der Waals surface area contributed by atoms with Crippen molar-refractivity contribution in [2.45, 2.75) is 52.1 Å². The van der Waals surface area contributed by atoms with E-state index in [1.165, 1.54) is 0 Å². The minimum absolute atomic E-state index is 0.145. The average molecular weight is 230 g/mol. The van der Waals surface area contributed by atoms with E-state index < -0.39 is 0 Å². The van der Waals surface area contributed by atoms with Crippen molar-refractivity contribution in [3.8, 4) is 0 Å². The fourth-order valence-corrected chi connectivity index (χ4v) is 1.28. The minimum Gasteiger partial charge on any atom is -0.466 e. The van der Waals surface area contributed by atoms with Crippen molar-refractivity contribution in [1.82, 2.24) is 0 Å². The number of carbonyl (C=O) groups excluding carboxylic acids is 2. The molecule has 0 aliphatic heterocycles. The molecule has 0 rings (SSSR count). The summed E-state index contributed by atoms with van der Waals surface area (Å²) in [5.41, 5.74) is 0. The van der Waals surface area contributed by atoms with Crippen molar-refractivity contribution in [2.75, 3.05) is 13.2 Å². The summed E-state index contributed by atoms with van der Waals surface area (Å²) in [7, 11) is 0. The Morgan fingerprint density at radius 2 is 2.12 bits per heavy atom. The lowest BCUT2D eigenvalue weighted by Gasteiger charge is -2.14. The number of hydrogen-bond acceptors (Lipinski definition) is 4. The average Bonchev–Trinajstić information content (AvgIpc) is 2.26. The monoisotopic (exact) mass is 230 g/mol. The summed E-state index contributed by atoms with van der Waals surface area (Å²) in [6, 6.07) is 0. The molecule has 0 bridgehead atoms. The van der Waals surface area contributed by atoms with Crippen LogP contribution in [0.4, 0.5) is 0 Å². The Kier molecular flexibility index (Phi) is 10.0. The first kappa shape index (κ1) is 15.1. The van der Waals surface area contributed by atoms with Gasteiger partial charge in [0.05, 0.1) is 12.7 Å². The Balaban J connectivity index is 3.74. The van der Waals surface area contributed by atoms with E-state index in [1.54, 1.807) is 6.92 Å². The second kappa shape index (κ2) is 10.6. The zero-order valence-corrected chi connectivity index (χ0v) is 10.2. The molecule has 0 spiro atoms. The highest BCUT2D eigenvalue weighted by molar-refractivity contribution is 5.69. The Morgan fingerprint density at radius 3 is 2.69 bits per heavy atom. The summed E-state index contributed by atoms with van der Waals surface area (Å²) < 4.78 is 10.3. The second-order valence-electron chi connectivity index (χ2n) is 3.59. The Morgan fingerprint density at radius 1 is 1.38 bits per heavy atom. The maximum Gasteiger partial charge on any atom is 0.305 e. The van der Waals surface area contributed by atoms with Gasteiger partial charge in [-0.3, -0.25) is 4.79 Å². The van der Waals surface area contributed by atoms with Gasteiger partial charge in [-0.05, 0) is 19.8 Å². The molecule has 0 aromatic carbocycles. The van der Waals surface area contributed by atoms with E-state index in [2.05, 4.69) is 6.92 Å². The molecule has 0 aliphatic carbocycles. The number of carbonyl (C=O) groups is 2. The van der Waals surface area contributed by atoms with Crippen molar-refractivity contribution in [3.05, 3.63) is 0 Å². The van der Waals surface area contributed by atoms with Crippen LogP contribution in [0.1, 0.15) is 46.0 Å². The van der Waals surface area contributed by atoms with E-state index in [4.69, 9.17) is 9.47 Å². The van der Waals surface area contributed by atoms with Crippen molar-refractivity contribution in [2.24, 2.45) is 0 Å². The summed E-state index contributed by atoms with van der Waals surface area (Å²) >= 11 is 0. The first-order chi connectivity index (χ1) is 7.74. The van der Waals surface area contributed by atoms with Gasteiger partial charge in [-0.15, -0.1) is 0 Å². The van der Waals surface area contributed by atoms with Gasteiger partial charge >= 0.3 is 5.97 Å². The van der Waals surface area contributed by atoms with Crippen LogP contribution in [0.15, 0.2) is 0 Å². The summed E-state index contributed by atoms with van der Waals surface area (Å²) in [5.74, 6) is -0.225. The highest BCUT2D eigenvalue weighted by atomic mass is 16.5. The highest BCUT2D eigenvalue weighted by Gasteiger charge is 2.11. The lowest BCUT2D eigenvalue weighted by molar-refractivity contribution is -0.144. The molecule has 0 N–H and O–H groups in total. The SMILES string of the molecule is CCCCOC(CC=O)CCC(=O)OCC. The Bertz CT molecular complexity index is 191. The zero-order valence-electron chi connectivity index (χ0n) is 10.2. The van der Waals surface area contributed by atoms with Crippen molar-refractivity contribution < 1.29 is 19.1 Å². The second-order valence-corrected chi connectivity index (χ2v) is 3.59. The van der Waals surface area contributed by atoms with Crippen LogP contribution >= 0.6 is 0 Å².